The molecule has 1 saturated heterocycles. The van der Waals surface area contributed by atoms with Crippen LogP contribution in [0.1, 0.15) is 32.1 Å². The Labute approximate surface area is 139 Å². The molecule has 1 aromatic carbocycles. The molecule has 6 nitrogen and oxygen atoms in total. The van der Waals surface area contributed by atoms with Crippen molar-refractivity contribution in [3.63, 3.8) is 0 Å². The number of amides is 1. The van der Waals surface area contributed by atoms with Gasteiger partial charge in [0.1, 0.15) is 5.82 Å². The molecule has 0 bridgehead atoms. The predicted molar refractivity (Wildman–Crippen MR) is 84.6 cm³/mol. The first-order valence-corrected chi connectivity index (χ1v) is 8.11. The first-order chi connectivity index (χ1) is 11.6. The van der Waals surface area contributed by atoms with Gasteiger partial charge in [-0.25, -0.2) is 4.39 Å². The average Bonchev–Trinajstić information content (AvgIpc) is 3.25. The minimum absolute atomic E-state index is 0.00235. The molecule has 24 heavy (non-hydrogen) atoms. The van der Waals surface area contributed by atoms with Crippen LogP contribution >= 0.6 is 0 Å². The molecule has 128 valence electrons. The van der Waals surface area contributed by atoms with Crippen LogP contribution in [0.15, 0.2) is 28.8 Å². The van der Waals surface area contributed by atoms with Crippen molar-refractivity contribution in [1.82, 2.24) is 15.5 Å². The van der Waals surface area contributed by atoms with Gasteiger partial charge in [-0.15, -0.1) is 0 Å². The summed E-state index contributed by atoms with van der Waals surface area (Å²) < 4.78 is 23.6. The molecular weight excluding hydrogens is 313 g/mol. The largest absolute Gasteiger partial charge is 0.376 e. The summed E-state index contributed by atoms with van der Waals surface area (Å²) in [6, 6.07) is 5.84. The lowest BCUT2D eigenvalue weighted by molar-refractivity contribution is -0.122. The van der Waals surface area contributed by atoms with E-state index >= 15 is 0 Å². The van der Waals surface area contributed by atoms with E-state index in [-0.39, 0.29) is 30.3 Å². The molecule has 0 unspecified atom stereocenters. The van der Waals surface area contributed by atoms with Crippen LogP contribution in [-0.2, 0) is 16.0 Å². The summed E-state index contributed by atoms with van der Waals surface area (Å²) in [6.07, 6.45) is 2.74. The second-order valence-corrected chi connectivity index (χ2v) is 5.93. The maximum absolute atomic E-state index is 12.9. The van der Waals surface area contributed by atoms with Gasteiger partial charge in [0.25, 0.3) is 0 Å². The maximum Gasteiger partial charge on any atom is 0.227 e. The number of hydrogen-bond acceptors (Lipinski definition) is 5. The Morgan fingerprint density at radius 2 is 2.21 bits per heavy atom. The van der Waals surface area contributed by atoms with Crippen LogP contribution in [0.25, 0.3) is 11.4 Å². The molecule has 1 aromatic heterocycles. The highest BCUT2D eigenvalue weighted by Crippen LogP contribution is 2.17. The van der Waals surface area contributed by atoms with Crippen LogP contribution < -0.4 is 5.32 Å². The highest BCUT2D eigenvalue weighted by atomic mass is 19.1. The van der Waals surface area contributed by atoms with Crippen LogP contribution in [0.4, 0.5) is 4.39 Å². The van der Waals surface area contributed by atoms with Gasteiger partial charge in [0.05, 0.1) is 12.1 Å². The summed E-state index contributed by atoms with van der Waals surface area (Å²) in [6.45, 7) is 2.71. The third-order valence-electron chi connectivity index (χ3n) is 4.05. The highest BCUT2D eigenvalue weighted by Gasteiger charge is 2.23. The molecule has 2 atom stereocenters. The van der Waals surface area contributed by atoms with Gasteiger partial charge >= 0.3 is 0 Å². The number of halogens is 1. The molecule has 0 spiro atoms. The minimum atomic E-state index is -0.320. The first-order valence-electron chi connectivity index (χ1n) is 8.11. The monoisotopic (exact) mass is 333 g/mol. The molecule has 3 rings (SSSR count). The fourth-order valence-electron chi connectivity index (χ4n) is 2.71. The second kappa shape index (κ2) is 7.53. The SMILES string of the molecule is C[C@@H](NC(=O)CCc1nc(-c2ccc(F)cc2)no1)[C@H]1CCCO1. The molecule has 0 saturated carbocycles. The molecule has 1 aliphatic rings. The zero-order valence-electron chi connectivity index (χ0n) is 13.5. The Morgan fingerprint density at radius 1 is 1.42 bits per heavy atom. The molecule has 7 heteroatoms. The van der Waals surface area contributed by atoms with Crippen molar-refractivity contribution in [3.05, 3.63) is 36.0 Å². The van der Waals surface area contributed by atoms with Crippen LogP contribution in [0.5, 0.6) is 0 Å². The van der Waals surface area contributed by atoms with E-state index < -0.39 is 0 Å². The Bertz CT molecular complexity index is 681. The maximum atomic E-state index is 12.9. The number of aromatic nitrogens is 2. The molecule has 2 aromatic rings. The standard InChI is InChI=1S/C17H20FN3O3/c1-11(14-3-2-10-23-14)19-15(22)8-9-16-20-17(21-24-16)12-4-6-13(18)7-5-12/h4-7,11,14H,2-3,8-10H2,1H3,(H,19,22)/t11-,14-/m1/s1. The van der Waals surface area contributed by atoms with Gasteiger partial charge in [0.2, 0.25) is 17.6 Å². The first kappa shape index (κ1) is 16.6. The highest BCUT2D eigenvalue weighted by molar-refractivity contribution is 5.76. The van der Waals surface area contributed by atoms with Crippen molar-refractivity contribution in [3.8, 4) is 11.4 Å². The van der Waals surface area contributed by atoms with Gasteiger partial charge in [0, 0.05) is 25.0 Å². The van der Waals surface area contributed by atoms with Gasteiger partial charge in [-0.2, -0.15) is 4.98 Å². The zero-order chi connectivity index (χ0) is 16.9. The topological polar surface area (TPSA) is 77.3 Å². The summed E-state index contributed by atoms with van der Waals surface area (Å²) >= 11 is 0. The van der Waals surface area contributed by atoms with Crippen molar-refractivity contribution < 1.29 is 18.4 Å². The molecule has 1 fully saturated rings. The van der Waals surface area contributed by atoms with Gasteiger partial charge in [0.15, 0.2) is 0 Å². The van der Waals surface area contributed by atoms with E-state index in [1.165, 1.54) is 12.1 Å². The molecular formula is C17H20FN3O3. The number of benzene rings is 1. The van der Waals surface area contributed by atoms with Gasteiger partial charge in [-0.05, 0) is 44.0 Å². The Kier molecular flexibility index (Phi) is 5.20. The Hall–Kier alpha value is -2.28. The lowest BCUT2D eigenvalue weighted by Gasteiger charge is -2.19. The van der Waals surface area contributed by atoms with Crippen LogP contribution in [0, 0.1) is 5.82 Å². The van der Waals surface area contributed by atoms with Crippen LogP contribution in [0.2, 0.25) is 0 Å². The molecule has 1 aliphatic heterocycles. The Morgan fingerprint density at radius 3 is 2.92 bits per heavy atom. The summed E-state index contributed by atoms with van der Waals surface area (Å²) in [4.78, 5) is 16.2. The quantitative estimate of drug-likeness (QED) is 0.879. The van der Waals surface area contributed by atoms with Crippen molar-refractivity contribution >= 4 is 5.91 Å². The molecule has 1 amide bonds. The third kappa shape index (κ3) is 4.17. The van der Waals surface area contributed by atoms with Gasteiger partial charge in [-0.1, -0.05) is 5.16 Å². The summed E-state index contributed by atoms with van der Waals surface area (Å²) in [7, 11) is 0. The zero-order valence-corrected chi connectivity index (χ0v) is 13.5. The van der Waals surface area contributed by atoms with Crippen LogP contribution in [0.3, 0.4) is 0 Å². The number of carbonyl (C=O) groups excluding carboxylic acids is 1. The van der Waals surface area contributed by atoms with E-state index in [0.29, 0.717) is 23.7 Å². The van der Waals surface area contributed by atoms with Gasteiger partial charge < -0.3 is 14.6 Å². The third-order valence-corrected chi connectivity index (χ3v) is 4.05. The molecule has 0 aliphatic carbocycles. The summed E-state index contributed by atoms with van der Waals surface area (Å²) in [5.41, 5.74) is 0.669. The second-order valence-electron chi connectivity index (χ2n) is 5.93. The fourth-order valence-corrected chi connectivity index (χ4v) is 2.71. The summed E-state index contributed by atoms with van der Waals surface area (Å²) in [5, 5.41) is 6.80. The number of carbonyl (C=O) groups is 1. The number of rotatable bonds is 6. The van der Waals surface area contributed by atoms with E-state index in [4.69, 9.17) is 9.26 Å². The number of ether oxygens (including phenoxy) is 1. The smallest absolute Gasteiger partial charge is 0.227 e. The number of nitrogens with one attached hydrogen (secondary N) is 1. The van der Waals surface area contributed by atoms with Crippen molar-refractivity contribution in [2.45, 2.75) is 44.8 Å². The minimum Gasteiger partial charge on any atom is -0.376 e. The summed E-state index contributed by atoms with van der Waals surface area (Å²) in [5.74, 6) is 0.381. The van der Waals surface area contributed by atoms with E-state index in [0.717, 1.165) is 19.4 Å². The van der Waals surface area contributed by atoms with Crippen molar-refractivity contribution in [2.24, 2.45) is 0 Å². The van der Waals surface area contributed by atoms with Crippen molar-refractivity contribution in [1.29, 1.82) is 0 Å². The molecule has 0 radical (unpaired) electrons. The number of nitrogens with zero attached hydrogens (tertiary/aromatic N) is 2. The number of aryl methyl sites for hydroxylation is 1. The lowest BCUT2D eigenvalue weighted by atomic mass is 10.1. The Balaban J connectivity index is 1.49. The average molecular weight is 333 g/mol. The lowest BCUT2D eigenvalue weighted by Crippen LogP contribution is -2.40. The molecule has 2 heterocycles. The van der Waals surface area contributed by atoms with E-state index in [1.54, 1.807) is 12.1 Å². The van der Waals surface area contributed by atoms with E-state index in [1.807, 2.05) is 6.92 Å². The fraction of sp³-hybridized carbons (Fsp3) is 0.471. The van der Waals surface area contributed by atoms with Crippen molar-refractivity contribution in [2.75, 3.05) is 6.61 Å². The predicted octanol–water partition coefficient (Wildman–Crippen LogP) is 2.49. The van der Waals surface area contributed by atoms with Crippen LogP contribution in [-0.4, -0.2) is 34.8 Å². The van der Waals surface area contributed by atoms with E-state index in [2.05, 4.69) is 15.5 Å². The van der Waals surface area contributed by atoms with E-state index in [9.17, 15) is 9.18 Å². The van der Waals surface area contributed by atoms with Gasteiger partial charge in [-0.3, -0.25) is 4.79 Å². The normalized spacial score (nSPS) is 18.5. The number of hydrogen-bond donors (Lipinski definition) is 1. The molecule has 1 N–H and O–H groups in total.